The van der Waals surface area contributed by atoms with E-state index in [1.165, 1.54) is 6.26 Å². The normalized spacial score (nSPS) is 16.6. The molecule has 5 heteroatoms. The fourth-order valence-electron chi connectivity index (χ4n) is 3.38. The summed E-state index contributed by atoms with van der Waals surface area (Å²) in [6, 6.07) is 5.72. The molecule has 0 saturated heterocycles. The number of ketones is 1. The largest absolute Gasteiger partial charge is 0.490 e. The zero-order valence-corrected chi connectivity index (χ0v) is 12.9. The summed E-state index contributed by atoms with van der Waals surface area (Å²) in [5, 5.41) is 0. The molecule has 1 aromatic heterocycles. The number of fused-ring (bicyclic) bond motifs is 2. The monoisotopic (exact) mass is 311 g/mol. The number of ether oxygens (including phenoxy) is 1. The van der Waals surface area contributed by atoms with Crippen molar-refractivity contribution in [3.63, 3.8) is 0 Å². The van der Waals surface area contributed by atoms with Crippen molar-refractivity contribution >= 4 is 17.4 Å². The zero-order chi connectivity index (χ0) is 16.0. The van der Waals surface area contributed by atoms with Crippen LogP contribution in [0.25, 0.3) is 0 Å². The van der Waals surface area contributed by atoms with E-state index in [9.17, 15) is 9.59 Å². The molecule has 0 spiro atoms. The number of aryl methyl sites for hydroxylation is 2. The van der Waals surface area contributed by atoms with Gasteiger partial charge in [-0.1, -0.05) is 12.1 Å². The van der Waals surface area contributed by atoms with Gasteiger partial charge in [0, 0.05) is 12.8 Å². The molecule has 1 aliphatic heterocycles. The van der Waals surface area contributed by atoms with Gasteiger partial charge in [0.15, 0.2) is 5.78 Å². The van der Waals surface area contributed by atoms with Crippen LogP contribution in [-0.2, 0) is 6.42 Å². The summed E-state index contributed by atoms with van der Waals surface area (Å²) < 4.78 is 11.1. The van der Waals surface area contributed by atoms with Crippen LogP contribution in [0.5, 0.6) is 5.75 Å². The number of hydrogen-bond acceptors (Lipinski definition) is 4. The minimum Gasteiger partial charge on any atom is -0.490 e. The lowest BCUT2D eigenvalue weighted by molar-refractivity contribution is 0.0941. The van der Waals surface area contributed by atoms with E-state index in [0.29, 0.717) is 48.6 Å². The van der Waals surface area contributed by atoms with E-state index >= 15 is 0 Å². The number of anilines is 1. The van der Waals surface area contributed by atoms with Gasteiger partial charge in [-0.3, -0.25) is 9.59 Å². The smallest absolute Gasteiger partial charge is 0.262 e. The molecule has 0 radical (unpaired) electrons. The maximum absolute atomic E-state index is 13.1. The average Bonchev–Trinajstić information content (AvgIpc) is 2.99. The highest BCUT2D eigenvalue weighted by molar-refractivity contribution is 6.15. The van der Waals surface area contributed by atoms with Crippen molar-refractivity contribution in [2.24, 2.45) is 0 Å². The first-order chi connectivity index (χ1) is 11.2. The van der Waals surface area contributed by atoms with Crippen LogP contribution < -0.4 is 9.64 Å². The lowest BCUT2D eigenvalue weighted by atomic mass is 9.93. The van der Waals surface area contributed by atoms with Gasteiger partial charge in [-0.15, -0.1) is 0 Å². The Labute approximate surface area is 133 Å². The molecule has 0 atom stereocenters. The molecule has 4 rings (SSSR count). The van der Waals surface area contributed by atoms with E-state index in [-0.39, 0.29) is 11.7 Å². The topological polar surface area (TPSA) is 59.8 Å². The summed E-state index contributed by atoms with van der Waals surface area (Å²) in [7, 11) is 0. The second-order valence-electron chi connectivity index (χ2n) is 5.95. The predicted octanol–water partition coefficient (Wildman–Crippen LogP) is 3.15. The molecule has 0 N–H and O–H groups in total. The molecule has 1 aliphatic carbocycles. The maximum Gasteiger partial charge on any atom is 0.262 e. The van der Waals surface area contributed by atoms with Gasteiger partial charge in [-0.2, -0.15) is 0 Å². The van der Waals surface area contributed by atoms with Crippen LogP contribution in [-0.4, -0.2) is 24.8 Å². The van der Waals surface area contributed by atoms with Crippen LogP contribution in [0.15, 0.2) is 28.9 Å². The van der Waals surface area contributed by atoms with Crippen LogP contribution in [0.4, 0.5) is 5.69 Å². The summed E-state index contributed by atoms with van der Waals surface area (Å²) >= 11 is 0. The molecule has 5 nitrogen and oxygen atoms in total. The quantitative estimate of drug-likeness (QED) is 0.812. The number of hydrogen-bond donors (Lipinski definition) is 0. The predicted molar refractivity (Wildman–Crippen MR) is 84.3 cm³/mol. The van der Waals surface area contributed by atoms with Crippen molar-refractivity contribution in [1.82, 2.24) is 0 Å². The lowest BCUT2D eigenvalue weighted by Gasteiger charge is -2.31. The summed E-state index contributed by atoms with van der Waals surface area (Å²) in [5.74, 6) is 1.15. The number of carbonyl (C=O) groups is 2. The highest BCUT2D eigenvalue weighted by atomic mass is 16.5. The van der Waals surface area contributed by atoms with Crippen LogP contribution in [0, 0.1) is 6.92 Å². The number of Topliss-reactive ketones (excluding diaryl/α,β-unsaturated/α-hetero) is 1. The Morgan fingerprint density at radius 2 is 2.13 bits per heavy atom. The van der Waals surface area contributed by atoms with E-state index in [1.54, 1.807) is 4.90 Å². The number of nitrogens with zero attached hydrogens (tertiary/aromatic N) is 1. The number of rotatable bonds is 1. The minimum atomic E-state index is -0.191. The second kappa shape index (κ2) is 5.26. The van der Waals surface area contributed by atoms with Crippen molar-refractivity contribution in [3.05, 3.63) is 46.9 Å². The van der Waals surface area contributed by atoms with E-state index in [2.05, 4.69) is 0 Å². The number of benzene rings is 1. The molecular weight excluding hydrogens is 294 g/mol. The van der Waals surface area contributed by atoms with Crippen molar-refractivity contribution in [1.29, 1.82) is 0 Å². The Kier molecular flexibility index (Phi) is 3.22. The van der Waals surface area contributed by atoms with Gasteiger partial charge in [0.25, 0.3) is 5.91 Å². The summed E-state index contributed by atoms with van der Waals surface area (Å²) in [6.45, 7) is 2.85. The summed E-state index contributed by atoms with van der Waals surface area (Å²) in [4.78, 5) is 27.0. The molecule has 2 aromatic rings. The maximum atomic E-state index is 13.1. The highest BCUT2D eigenvalue weighted by Gasteiger charge is 2.33. The Bertz CT molecular complexity index is 805. The van der Waals surface area contributed by atoms with Gasteiger partial charge in [0.05, 0.1) is 23.4 Å². The van der Waals surface area contributed by atoms with E-state index in [1.807, 2.05) is 25.1 Å². The van der Waals surface area contributed by atoms with Crippen LogP contribution in [0.1, 0.15) is 44.9 Å². The van der Waals surface area contributed by atoms with Crippen molar-refractivity contribution in [2.75, 3.05) is 18.1 Å². The van der Waals surface area contributed by atoms with Gasteiger partial charge in [-0.05, 0) is 25.0 Å². The van der Waals surface area contributed by atoms with Crippen LogP contribution in [0.2, 0.25) is 0 Å². The average molecular weight is 311 g/mol. The molecule has 0 unspecified atom stereocenters. The molecular formula is C18H17NO4. The first kappa shape index (κ1) is 14.1. The summed E-state index contributed by atoms with van der Waals surface area (Å²) in [6.07, 6.45) is 3.41. The number of para-hydroxylation sites is 1. The Morgan fingerprint density at radius 1 is 1.26 bits per heavy atom. The Morgan fingerprint density at radius 3 is 3.00 bits per heavy atom. The summed E-state index contributed by atoms with van der Waals surface area (Å²) in [5.41, 5.74) is 2.60. The minimum absolute atomic E-state index is 0.00150. The third-order valence-electron chi connectivity index (χ3n) is 4.47. The van der Waals surface area contributed by atoms with E-state index < -0.39 is 0 Å². The lowest BCUT2D eigenvalue weighted by Crippen LogP contribution is -2.39. The van der Waals surface area contributed by atoms with E-state index in [4.69, 9.17) is 9.15 Å². The van der Waals surface area contributed by atoms with Gasteiger partial charge >= 0.3 is 0 Å². The molecule has 0 saturated carbocycles. The van der Waals surface area contributed by atoms with Crippen LogP contribution in [0.3, 0.4) is 0 Å². The Hall–Kier alpha value is -2.56. The Balaban J connectivity index is 1.78. The first-order valence-electron chi connectivity index (χ1n) is 7.84. The van der Waals surface area contributed by atoms with Gasteiger partial charge in [-0.25, -0.2) is 0 Å². The number of carbonyl (C=O) groups excluding carboxylic acids is 2. The van der Waals surface area contributed by atoms with Crippen molar-refractivity contribution in [2.45, 2.75) is 26.2 Å². The number of amides is 1. The van der Waals surface area contributed by atoms with E-state index in [0.717, 1.165) is 17.7 Å². The van der Waals surface area contributed by atoms with Gasteiger partial charge in [0.2, 0.25) is 0 Å². The molecule has 0 bridgehead atoms. The number of furan rings is 1. The SMILES string of the molecule is Cc1cccc2c1N(C(=O)c1coc3c1C(=O)CCC3)CCO2. The zero-order valence-electron chi connectivity index (χ0n) is 12.9. The second-order valence-corrected chi connectivity index (χ2v) is 5.95. The van der Waals surface area contributed by atoms with Crippen molar-refractivity contribution < 1.29 is 18.7 Å². The highest BCUT2D eigenvalue weighted by Crippen LogP contribution is 2.36. The van der Waals surface area contributed by atoms with Crippen molar-refractivity contribution in [3.8, 4) is 5.75 Å². The standard InChI is InChI=1S/C18H17NO4/c1-11-4-2-7-15-17(11)19(8-9-22-15)18(21)12-10-23-14-6-3-5-13(20)16(12)14/h2,4,7,10H,3,5-6,8-9H2,1H3. The third-order valence-corrected chi connectivity index (χ3v) is 4.47. The molecule has 1 aromatic carbocycles. The first-order valence-corrected chi connectivity index (χ1v) is 7.84. The fourth-order valence-corrected chi connectivity index (χ4v) is 3.38. The molecule has 23 heavy (non-hydrogen) atoms. The third kappa shape index (κ3) is 2.15. The molecule has 118 valence electrons. The molecule has 0 fully saturated rings. The van der Waals surface area contributed by atoms with Crippen LogP contribution >= 0.6 is 0 Å². The van der Waals surface area contributed by atoms with Gasteiger partial charge < -0.3 is 14.1 Å². The molecule has 1 amide bonds. The molecule has 2 heterocycles. The van der Waals surface area contributed by atoms with Gasteiger partial charge in [0.1, 0.15) is 24.4 Å². The fraction of sp³-hybridized carbons (Fsp3) is 0.333. The molecule has 2 aliphatic rings.